The molecular formula is C13H22N4O2S2. The normalized spacial score (nSPS) is 25.0. The predicted molar refractivity (Wildman–Crippen MR) is 85.7 cm³/mol. The van der Waals surface area contributed by atoms with Gasteiger partial charge in [0.15, 0.2) is 15.7 Å². The third kappa shape index (κ3) is 2.76. The van der Waals surface area contributed by atoms with Gasteiger partial charge in [0, 0.05) is 19.1 Å². The standard InChI is InChI=1S/C13H22N4O2S2/c1-9-8-16(2)6-3-7-17(9)13-11(12(14)15-20-13)21(18,19)10-4-5-10/h9-10H,3-8H2,1-2H3,(H2,14,15). The van der Waals surface area contributed by atoms with Crippen LogP contribution in [0.5, 0.6) is 0 Å². The molecule has 1 saturated heterocycles. The summed E-state index contributed by atoms with van der Waals surface area (Å²) >= 11 is 1.22. The van der Waals surface area contributed by atoms with Crippen LogP contribution in [0, 0.1) is 0 Å². The number of nitrogens with two attached hydrogens (primary N) is 1. The predicted octanol–water partition coefficient (Wildman–Crippen LogP) is 1.19. The van der Waals surface area contributed by atoms with Crippen LogP contribution in [0.15, 0.2) is 4.90 Å². The van der Waals surface area contributed by atoms with Crippen LogP contribution in [0.4, 0.5) is 10.8 Å². The summed E-state index contributed by atoms with van der Waals surface area (Å²) < 4.78 is 29.4. The first-order chi connectivity index (χ1) is 9.91. The van der Waals surface area contributed by atoms with E-state index in [1.165, 1.54) is 11.5 Å². The summed E-state index contributed by atoms with van der Waals surface area (Å²) in [5.74, 6) is 0.173. The van der Waals surface area contributed by atoms with E-state index in [9.17, 15) is 8.42 Å². The number of likely N-dealkylation sites (N-methyl/N-ethyl adjacent to an activating group) is 1. The maximum Gasteiger partial charge on any atom is 0.187 e. The van der Waals surface area contributed by atoms with Crippen molar-refractivity contribution in [1.29, 1.82) is 0 Å². The number of nitrogen functional groups attached to an aromatic ring is 1. The average molecular weight is 330 g/mol. The molecule has 3 rings (SSSR count). The maximum atomic E-state index is 12.6. The lowest BCUT2D eigenvalue weighted by atomic mass is 10.3. The van der Waals surface area contributed by atoms with Gasteiger partial charge in [0.25, 0.3) is 0 Å². The van der Waals surface area contributed by atoms with Crippen molar-refractivity contribution in [1.82, 2.24) is 9.27 Å². The first-order valence-electron chi connectivity index (χ1n) is 7.35. The van der Waals surface area contributed by atoms with Crippen molar-refractivity contribution in [3.8, 4) is 0 Å². The number of hydrogen-bond acceptors (Lipinski definition) is 7. The van der Waals surface area contributed by atoms with Gasteiger partial charge in [0.05, 0.1) is 5.25 Å². The molecule has 1 aromatic heterocycles. The zero-order valence-corrected chi connectivity index (χ0v) is 14.1. The molecule has 8 heteroatoms. The monoisotopic (exact) mass is 330 g/mol. The highest BCUT2D eigenvalue weighted by Crippen LogP contribution is 2.43. The second-order valence-electron chi connectivity index (χ2n) is 6.10. The van der Waals surface area contributed by atoms with Crippen LogP contribution in [0.1, 0.15) is 26.2 Å². The fraction of sp³-hybridized carbons (Fsp3) is 0.769. The van der Waals surface area contributed by atoms with Crippen LogP contribution in [0.25, 0.3) is 0 Å². The highest BCUT2D eigenvalue weighted by atomic mass is 32.2. The second kappa shape index (κ2) is 5.40. The zero-order chi connectivity index (χ0) is 15.2. The molecule has 1 aliphatic heterocycles. The Kier molecular flexibility index (Phi) is 3.87. The van der Waals surface area contributed by atoms with E-state index in [1.54, 1.807) is 0 Å². The molecule has 2 fully saturated rings. The van der Waals surface area contributed by atoms with Gasteiger partial charge < -0.3 is 15.5 Å². The quantitative estimate of drug-likeness (QED) is 0.897. The Hall–Kier alpha value is -0.860. The van der Waals surface area contributed by atoms with Crippen molar-refractivity contribution in [2.45, 2.75) is 42.4 Å². The summed E-state index contributed by atoms with van der Waals surface area (Å²) in [7, 11) is -1.21. The van der Waals surface area contributed by atoms with Gasteiger partial charge in [-0.25, -0.2) is 8.42 Å². The molecule has 6 nitrogen and oxygen atoms in total. The number of hydrogen-bond donors (Lipinski definition) is 1. The van der Waals surface area contributed by atoms with Gasteiger partial charge in [-0.3, -0.25) is 0 Å². The van der Waals surface area contributed by atoms with Gasteiger partial charge in [-0.1, -0.05) is 0 Å². The Bertz CT molecular complexity index is 624. The fourth-order valence-corrected chi connectivity index (χ4v) is 6.10. The van der Waals surface area contributed by atoms with E-state index in [-0.39, 0.29) is 22.0 Å². The van der Waals surface area contributed by atoms with Gasteiger partial charge in [0.1, 0.15) is 9.90 Å². The number of nitrogens with zero attached hydrogens (tertiary/aromatic N) is 3. The topological polar surface area (TPSA) is 79.5 Å². The molecule has 2 heterocycles. The first-order valence-corrected chi connectivity index (χ1v) is 9.67. The molecule has 1 atom stereocenters. The Morgan fingerprint density at radius 1 is 1.33 bits per heavy atom. The molecule has 118 valence electrons. The molecule has 0 radical (unpaired) electrons. The molecule has 1 aromatic rings. The molecule has 21 heavy (non-hydrogen) atoms. The summed E-state index contributed by atoms with van der Waals surface area (Å²) in [5.41, 5.74) is 5.89. The number of sulfone groups is 1. The lowest BCUT2D eigenvalue weighted by molar-refractivity contribution is 0.337. The molecule has 1 saturated carbocycles. The minimum absolute atomic E-state index is 0.173. The lowest BCUT2D eigenvalue weighted by Gasteiger charge is -2.29. The minimum atomic E-state index is -3.31. The van der Waals surface area contributed by atoms with Crippen LogP contribution in [0.3, 0.4) is 0 Å². The summed E-state index contributed by atoms with van der Waals surface area (Å²) in [6.45, 7) is 4.92. The Balaban J connectivity index is 1.99. The molecule has 1 aliphatic carbocycles. The van der Waals surface area contributed by atoms with Gasteiger partial charge >= 0.3 is 0 Å². The van der Waals surface area contributed by atoms with E-state index in [0.717, 1.165) is 43.9 Å². The Morgan fingerprint density at radius 3 is 2.71 bits per heavy atom. The van der Waals surface area contributed by atoms with Crippen molar-refractivity contribution >= 4 is 32.2 Å². The van der Waals surface area contributed by atoms with Crippen LogP contribution >= 0.6 is 11.5 Å². The molecule has 0 amide bonds. The summed E-state index contributed by atoms with van der Waals surface area (Å²) in [6.07, 6.45) is 2.51. The average Bonchev–Trinajstić information content (AvgIpc) is 3.19. The van der Waals surface area contributed by atoms with E-state index >= 15 is 0 Å². The summed E-state index contributed by atoms with van der Waals surface area (Å²) in [4.78, 5) is 4.74. The number of anilines is 2. The molecular weight excluding hydrogens is 308 g/mol. The van der Waals surface area contributed by atoms with Gasteiger partial charge in [-0.15, -0.1) is 0 Å². The third-order valence-electron chi connectivity index (χ3n) is 4.21. The van der Waals surface area contributed by atoms with Crippen molar-refractivity contribution in [2.24, 2.45) is 0 Å². The molecule has 2 N–H and O–H groups in total. The highest BCUT2D eigenvalue weighted by molar-refractivity contribution is 7.92. The second-order valence-corrected chi connectivity index (χ2v) is 9.02. The highest BCUT2D eigenvalue weighted by Gasteiger charge is 2.42. The largest absolute Gasteiger partial charge is 0.382 e. The number of aromatic nitrogens is 1. The SMILES string of the molecule is CC1CN(C)CCCN1c1snc(N)c1S(=O)(=O)C1CC1. The van der Waals surface area contributed by atoms with E-state index in [1.807, 2.05) is 0 Å². The summed E-state index contributed by atoms with van der Waals surface area (Å²) in [6, 6.07) is 0.255. The fourth-order valence-electron chi connectivity index (χ4n) is 2.95. The third-order valence-corrected chi connectivity index (χ3v) is 7.56. The van der Waals surface area contributed by atoms with Crippen LogP contribution in [-0.4, -0.2) is 55.7 Å². The Labute approximate surface area is 130 Å². The zero-order valence-electron chi connectivity index (χ0n) is 12.4. The molecule has 1 unspecified atom stereocenters. The van der Waals surface area contributed by atoms with Crippen LogP contribution in [0.2, 0.25) is 0 Å². The van der Waals surface area contributed by atoms with E-state index in [2.05, 4.69) is 28.1 Å². The minimum Gasteiger partial charge on any atom is -0.382 e. The van der Waals surface area contributed by atoms with E-state index in [0.29, 0.717) is 0 Å². The van der Waals surface area contributed by atoms with Crippen LogP contribution in [-0.2, 0) is 9.84 Å². The first kappa shape index (κ1) is 15.1. The smallest absolute Gasteiger partial charge is 0.187 e. The Morgan fingerprint density at radius 2 is 2.05 bits per heavy atom. The number of rotatable bonds is 3. The van der Waals surface area contributed by atoms with Gasteiger partial charge in [0.2, 0.25) is 0 Å². The van der Waals surface area contributed by atoms with Crippen molar-refractivity contribution in [3.63, 3.8) is 0 Å². The van der Waals surface area contributed by atoms with Gasteiger partial charge in [-0.05, 0) is 51.3 Å². The molecule has 0 bridgehead atoms. The summed E-state index contributed by atoms with van der Waals surface area (Å²) in [5, 5.41) is 0.488. The van der Waals surface area contributed by atoms with E-state index < -0.39 is 9.84 Å². The van der Waals surface area contributed by atoms with Crippen molar-refractivity contribution < 1.29 is 8.42 Å². The molecule has 0 spiro atoms. The van der Waals surface area contributed by atoms with Crippen molar-refractivity contribution in [2.75, 3.05) is 37.3 Å². The lowest BCUT2D eigenvalue weighted by Crippen LogP contribution is -2.38. The van der Waals surface area contributed by atoms with Crippen molar-refractivity contribution in [3.05, 3.63) is 0 Å². The maximum absolute atomic E-state index is 12.6. The van der Waals surface area contributed by atoms with Crippen LogP contribution < -0.4 is 10.6 Å². The van der Waals surface area contributed by atoms with E-state index in [4.69, 9.17) is 5.73 Å². The molecule has 2 aliphatic rings. The van der Waals surface area contributed by atoms with Gasteiger partial charge in [-0.2, -0.15) is 4.37 Å². The molecule has 0 aromatic carbocycles.